The van der Waals surface area contributed by atoms with Gasteiger partial charge in [-0.1, -0.05) is 11.6 Å². The topological polar surface area (TPSA) is 75.0 Å². The van der Waals surface area contributed by atoms with Crippen molar-refractivity contribution in [2.45, 2.75) is 13.0 Å². The summed E-state index contributed by atoms with van der Waals surface area (Å²) in [6, 6.07) is 0.107. The lowest BCUT2D eigenvalue weighted by Crippen LogP contribution is -2.36. The number of likely N-dealkylation sites (N-methyl/N-ethyl adjacent to an activating group) is 1. The molecule has 14 heavy (non-hydrogen) atoms. The van der Waals surface area contributed by atoms with Crippen LogP contribution in [0.1, 0.15) is 6.92 Å². The van der Waals surface area contributed by atoms with Crippen molar-refractivity contribution in [1.29, 1.82) is 0 Å². The molecule has 0 bridgehead atoms. The Labute approximate surface area is 86.9 Å². The predicted molar refractivity (Wildman–Crippen MR) is 56.8 cm³/mol. The van der Waals surface area contributed by atoms with Crippen LogP contribution in [0.15, 0.2) is 11.0 Å². The molecule has 3 N–H and O–H groups in total. The molecule has 5 nitrogen and oxygen atoms in total. The molecule has 1 aromatic heterocycles. The van der Waals surface area contributed by atoms with Gasteiger partial charge in [0.05, 0.1) is 11.9 Å². The number of rotatable bonds is 3. The lowest BCUT2D eigenvalue weighted by molar-refractivity contribution is 0.692. The number of aromatic amines is 1. The van der Waals surface area contributed by atoms with Gasteiger partial charge in [-0.25, -0.2) is 5.10 Å². The molecule has 0 aliphatic carbocycles. The summed E-state index contributed by atoms with van der Waals surface area (Å²) in [6.07, 6.45) is 1.51. The van der Waals surface area contributed by atoms with E-state index >= 15 is 0 Å². The minimum absolute atomic E-state index is 0.107. The third kappa shape index (κ3) is 2.05. The van der Waals surface area contributed by atoms with Crippen LogP contribution in [0.5, 0.6) is 0 Å². The SMILES string of the molecule is CC(CN)N(C)c1cn[nH]c(=O)c1Cl. The minimum Gasteiger partial charge on any atom is -0.368 e. The predicted octanol–water partition coefficient (Wildman–Crippen LogP) is 0.207. The van der Waals surface area contributed by atoms with Gasteiger partial charge in [-0.3, -0.25) is 4.79 Å². The van der Waals surface area contributed by atoms with Crippen LogP contribution in [0.4, 0.5) is 5.69 Å². The van der Waals surface area contributed by atoms with Crippen molar-refractivity contribution in [3.05, 3.63) is 21.6 Å². The molecule has 0 amide bonds. The highest BCUT2D eigenvalue weighted by Gasteiger charge is 2.13. The first-order chi connectivity index (χ1) is 6.57. The van der Waals surface area contributed by atoms with Crippen LogP contribution in [0.25, 0.3) is 0 Å². The Bertz CT molecular complexity index is 365. The molecule has 0 aromatic carbocycles. The second-order valence-electron chi connectivity index (χ2n) is 3.09. The zero-order chi connectivity index (χ0) is 10.7. The third-order valence-electron chi connectivity index (χ3n) is 2.16. The van der Waals surface area contributed by atoms with Gasteiger partial charge in [-0.05, 0) is 6.92 Å². The van der Waals surface area contributed by atoms with Gasteiger partial charge in [-0.2, -0.15) is 5.10 Å². The third-order valence-corrected chi connectivity index (χ3v) is 2.52. The molecule has 0 saturated heterocycles. The number of H-pyrrole nitrogens is 1. The summed E-state index contributed by atoms with van der Waals surface area (Å²) in [4.78, 5) is 13.0. The van der Waals surface area contributed by atoms with Gasteiger partial charge in [0, 0.05) is 19.6 Å². The van der Waals surface area contributed by atoms with Crippen molar-refractivity contribution in [3.8, 4) is 0 Å². The summed E-state index contributed by atoms with van der Waals surface area (Å²) in [5.41, 5.74) is 5.71. The average Bonchev–Trinajstić information content (AvgIpc) is 2.20. The molecule has 0 aliphatic rings. The number of anilines is 1. The number of nitrogens with one attached hydrogen (secondary N) is 1. The van der Waals surface area contributed by atoms with Gasteiger partial charge in [0.2, 0.25) is 0 Å². The van der Waals surface area contributed by atoms with E-state index in [1.165, 1.54) is 6.20 Å². The van der Waals surface area contributed by atoms with E-state index in [1.807, 2.05) is 18.9 Å². The highest BCUT2D eigenvalue weighted by molar-refractivity contribution is 6.32. The monoisotopic (exact) mass is 216 g/mol. The Morgan fingerprint density at radius 3 is 3.00 bits per heavy atom. The van der Waals surface area contributed by atoms with Gasteiger partial charge in [-0.15, -0.1) is 0 Å². The van der Waals surface area contributed by atoms with Crippen LogP contribution in [-0.4, -0.2) is 29.8 Å². The van der Waals surface area contributed by atoms with Crippen LogP contribution < -0.4 is 16.2 Å². The molecule has 0 spiro atoms. The molecule has 1 atom stereocenters. The molecule has 78 valence electrons. The van der Waals surface area contributed by atoms with Gasteiger partial charge >= 0.3 is 0 Å². The molecular formula is C8H13ClN4O. The van der Waals surface area contributed by atoms with Crippen molar-refractivity contribution in [3.63, 3.8) is 0 Å². The normalized spacial score (nSPS) is 12.6. The lowest BCUT2D eigenvalue weighted by Gasteiger charge is -2.25. The van der Waals surface area contributed by atoms with Crippen molar-refractivity contribution < 1.29 is 0 Å². The average molecular weight is 217 g/mol. The fourth-order valence-electron chi connectivity index (χ4n) is 1.02. The molecular weight excluding hydrogens is 204 g/mol. The Balaban J connectivity index is 3.07. The van der Waals surface area contributed by atoms with Gasteiger partial charge in [0.25, 0.3) is 5.56 Å². The molecule has 0 radical (unpaired) electrons. The van der Waals surface area contributed by atoms with E-state index in [2.05, 4.69) is 10.2 Å². The van der Waals surface area contributed by atoms with Crippen LogP contribution in [0.2, 0.25) is 5.02 Å². The van der Waals surface area contributed by atoms with Crippen LogP contribution in [0, 0.1) is 0 Å². The first kappa shape index (κ1) is 11.0. The Morgan fingerprint density at radius 1 is 1.79 bits per heavy atom. The number of aromatic nitrogens is 2. The highest BCUT2D eigenvalue weighted by atomic mass is 35.5. The number of nitrogens with two attached hydrogens (primary N) is 1. The van der Waals surface area contributed by atoms with Gasteiger partial charge in [0.1, 0.15) is 5.02 Å². The zero-order valence-corrected chi connectivity index (χ0v) is 8.88. The smallest absolute Gasteiger partial charge is 0.285 e. The van der Waals surface area contributed by atoms with Crippen molar-refractivity contribution >= 4 is 17.3 Å². The first-order valence-corrected chi connectivity index (χ1v) is 4.61. The van der Waals surface area contributed by atoms with Crippen LogP contribution in [0.3, 0.4) is 0 Å². The second-order valence-corrected chi connectivity index (χ2v) is 3.47. The fourth-order valence-corrected chi connectivity index (χ4v) is 1.24. The molecule has 0 aliphatic heterocycles. The van der Waals surface area contributed by atoms with Crippen LogP contribution >= 0.6 is 11.6 Å². The van der Waals surface area contributed by atoms with Gasteiger partial charge < -0.3 is 10.6 Å². The molecule has 0 fully saturated rings. The number of nitrogens with zero attached hydrogens (tertiary/aromatic N) is 2. The maximum Gasteiger partial charge on any atom is 0.285 e. The van der Waals surface area contributed by atoms with Crippen LogP contribution in [-0.2, 0) is 0 Å². The summed E-state index contributed by atoms with van der Waals surface area (Å²) in [5.74, 6) is 0. The summed E-state index contributed by atoms with van der Waals surface area (Å²) in [5, 5.41) is 6.08. The highest BCUT2D eigenvalue weighted by Crippen LogP contribution is 2.20. The molecule has 1 heterocycles. The van der Waals surface area contributed by atoms with E-state index < -0.39 is 0 Å². The maximum absolute atomic E-state index is 11.1. The lowest BCUT2D eigenvalue weighted by atomic mass is 10.3. The molecule has 1 aromatic rings. The van der Waals surface area contributed by atoms with E-state index in [1.54, 1.807) is 0 Å². The largest absolute Gasteiger partial charge is 0.368 e. The van der Waals surface area contributed by atoms with E-state index in [-0.39, 0.29) is 16.6 Å². The Hall–Kier alpha value is -1.07. The molecule has 1 unspecified atom stereocenters. The Kier molecular flexibility index (Phi) is 3.49. The van der Waals surface area contributed by atoms with Crippen molar-refractivity contribution in [2.75, 3.05) is 18.5 Å². The summed E-state index contributed by atoms with van der Waals surface area (Å²) < 4.78 is 0. The minimum atomic E-state index is -0.389. The molecule has 0 saturated carbocycles. The zero-order valence-electron chi connectivity index (χ0n) is 8.12. The van der Waals surface area contributed by atoms with Crippen molar-refractivity contribution in [2.24, 2.45) is 5.73 Å². The maximum atomic E-state index is 11.1. The standard InChI is InChI=1S/C8H13ClN4O/c1-5(3-10)13(2)6-4-11-12-8(14)7(6)9/h4-5H,3,10H2,1-2H3,(H,12,14). The van der Waals surface area contributed by atoms with E-state index in [9.17, 15) is 4.79 Å². The van der Waals surface area contributed by atoms with Crippen molar-refractivity contribution in [1.82, 2.24) is 10.2 Å². The summed E-state index contributed by atoms with van der Waals surface area (Å²) in [6.45, 7) is 2.43. The Morgan fingerprint density at radius 2 is 2.43 bits per heavy atom. The first-order valence-electron chi connectivity index (χ1n) is 4.24. The number of halogens is 1. The van der Waals surface area contributed by atoms with E-state index in [0.717, 1.165) is 0 Å². The summed E-state index contributed by atoms with van der Waals surface area (Å²) >= 11 is 5.82. The summed E-state index contributed by atoms with van der Waals surface area (Å²) in [7, 11) is 1.82. The quantitative estimate of drug-likeness (QED) is 0.758. The second kappa shape index (κ2) is 4.43. The fraction of sp³-hybridized carbons (Fsp3) is 0.500. The number of hydrogen-bond acceptors (Lipinski definition) is 4. The number of hydrogen-bond donors (Lipinski definition) is 2. The molecule has 1 rings (SSSR count). The van der Waals surface area contributed by atoms with E-state index in [0.29, 0.717) is 12.2 Å². The molecule has 6 heteroatoms. The van der Waals surface area contributed by atoms with Gasteiger partial charge in [0.15, 0.2) is 0 Å². The van der Waals surface area contributed by atoms with E-state index in [4.69, 9.17) is 17.3 Å².